The fourth-order valence-corrected chi connectivity index (χ4v) is 3.08. The van der Waals surface area contributed by atoms with Crippen molar-refractivity contribution in [3.05, 3.63) is 28.8 Å². The summed E-state index contributed by atoms with van der Waals surface area (Å²) in [5, 5.41) is 0. The SMILES string of the molecule is Cc1cc(C)c2c(c1)N(C)C(=O)C2(C)CC(F)(F)F. The minimum Gasteiger partial charge on any atom is -0.314 e. The Labute approximate surface area is 110 Å². The first-order valence-corrected chi connectivity index (χ1v) is 6.03. The molecular weight excluding hydrogens is 255 g/mol. The van der Waals surface area contributed by atoms with E-state index in [4.69, 9.17) is 0 Å². The fraction of sp³-hybridized carbons (Fsp3) is 0.500. The van der Waals surface area contributed by atoms with Crippen molar-refractivity contribution >= 4 is 11.6 Å². The van der Waals surface area contributed by atoms with Gasteiger partial charge in [-0.3, -0.25) is 4.79 Å². The molecule has 0 saturated heterocycles. The summed E-state index contributed by atoms with van der Waals surface area (Å²) in [5.74, 6) is -0.492. The van der Waals surface area contributed by atoms with E-state index >= 15 is 0 Å². The van der Waals surface area contributed by atoms with Gasteiger partial charge in [0.1, 0.15) is 0 Å². The second-order valence-electron chi connectivity index (χ2n) is 5.46. The molecule has 0 N–H and O–H groups in total. The first kappa shape index (κ1) is 13.9. The molecule has 1 aromatic carbocycles. The van der Waals surface area contributed by atoms with Gasteiger partial charge < -0.3 is 4.90 Å². The van der Waals surface area contributed by atoms with Gasteiger partial charge in [0.25, 0.3) is 0 Å². The minimum absolute atomic E-state index is 0.492. The topological polar surface area (TPSA) is 20.3 Å². The maximum atomic E-state index is 12.8. The van der Waals surface area contributed by atoms with Crippen LogP contribution in [0.15, 0.2) is 12.1 Å². The van der Waals surface area contributed by atoms with Crippen LogP contribution in [0, 0.1) is 13.8 Å². The highest BCUT2D eigenvalue weighted by molar-refractivity contribution is 6.08. The van der Waals surface area contributed by atoms with Gasteiger partial charge in [-0.25, -0.2) is 0 Å². The number of hydrogen-bond acceptors (Lipinski definition) is 1. The van der Waals surface area contributed by atoms with Gasteiger partial charge in [-0.05, 0) is 43.5 Å². The Kier molecular flexibility index (Phi) is 2.92. The third kappa shape index (κ3) is 2.11. The normalized spacial score (nSPS) is 22.9. The van der Waals surface area contributed by atoms with Crippen molar-refractivity contribution in [2.45, 2.75) is 38.8 Å². The Morgan fingerprint density at radius 1 is 1.26 bits per heavy atom. The second-order valence-corrected chi connectivity index (χ2v) is 5.46. The number of amides is 1. The minimum atomic E-state index is -4.37. The number of rotatable bonds is 1. The molecule has 1 aromatic rings. The maximum absolute atomic E-state index is 12.8. The van der Waals surface area contributed by atoms with Gasteiger partial charge in [0, 0.05) is 12.7 Å². The first-order valence-electron chi connectivity index (χ1n) is 6.03. The van der Waals surface area contributed by atoms with Crippen molar-refractivity contribution in [2.24, 2.45) is 0 Å². The van der Waals surface area contributed by atoms with Crippen molar-refractivity contribution in [3.63, 3.8) is 0 Å². The molecule has 1 atom stereocenters. The molecule has 1 aliphatic rings. The molecular formula is C14H16F3NO. The van der Waals surface area contributed by atoms with Crippen LogP contribution in [0.3, 0.4) is 0 Å². The molecule has 0 saturated carbocycles. The number of hydrogen-bond donors (Lipinski definition) is 0. The number of alkyl halides is 3. The summed E-state index contributed by atoms with van der Waals surface area (Å²) < 4.78 is 38.4. The van der Waals surface area contributed by atoms with Crippen LogP contribution >= 0.6 is 0 Å². The molecule has 1 heterocycles. The van der Waals surface area contributed by atoms with Crippen molar-refractivity contribution in [1.29, 1.82) is 0 Å². The molecule has 0 bridgehead atoms. The number of carbonyl (C=O) groups is 1. The first-order chi connectivity index (χ1) is 8.56. The zero-order valence-electron chi connectivity index (χ0n) is 11.4. The van der Waals surface area contributed by atoms with Crippen LogP contribution in [-0.4, -0.2) is 19.1 Å². The summed E-state index contributed by atoms with van der Waals surface area (Å²) in [7, 11) is 1.53. The van der Waals surface area contributed by atoms with E-state index in [1.807, 2.05) is 13.0 Å². The zero-order chi connectivity index (χ0) is 14.6. The molecule has 5 heteroatoms. The number of benzene rings is 1. The van der Waals surface area contributed by atoms with Gasteiger partial charge in [-0.15, -0.1) is 0 Å². The predicted octanol–water partition coefficient (Wildman–Crippen LogP) is 3.49. The summed E-state index contributed by atoms with van der Waals surface area (Å²) in [4.78, 5) is 13.6. The summed E-state index contributed by atoms with van der Waals surface area (Å²) in [6.45, 7) is 5.01. The van der Waals surface area contributed by atoms with E-state index < -0.39 is 23.9 Å². The van der Waals surface area contributed by atoms with Gasteiger partial charge in [0.2, 0.25) is 5.91 Å². The van der Waals surface area contributed by atoms with Crippen LogP contribution < -0.4 is 4.90 Å². The van der Waals surface area contributed by atoms with E-state index in [-0.39, 0.29) is 0 Å². The van der Waals surface area contributed by atoms with Gasteiger partial charge in [0.15, 0.2) is 0 Å². The van der Waals surface area contributed by atoms with Gasteiger partial charge in [-0.2, -0.15) is 13.2 Å². The highest BCUT2D eigenvalue weighted by atomic mass is 19.4. The van der Waals surface area contributed by atoms with Crippen molar-refractivity contribution in [3.8, 4) is 0 Å². The lowest BCUT2D eigenvalue weighted by atomic mass is 9.78. The summed E-state index contributed by atoms with van der Waals surface area (Å²) in [6.07, 6.45) is -5.50. The predicted molar refractivity (Wildman–Crippen MR) is 67.4 cm³/mol. The van der Waals surface area contributed by atoms with Crippen LogP contribution in [0.4, 0.5) is 18.9 Å². The molecule has 1 aliphatic heterocycles. The smallest absolute Gasteiger partial charge is 0.314 e. The maximum Gasteiger partial charge on any atom is 0.390 e. The van der Waals surface area contributed by atoms with Crippen LogP contribution in [0.25, 0.3) is 0 Å². The molecule has 19 heavy (non-hydrogen) atoms. The van der Waals surface area contributed by atoms with Crippen molar-refractivity contribution < 1.29 is 18.0 Å². The number of carbonyl (C=O) groups excluding carboxylic acids is 1. The van der Waals surface area contributed by atoms with Gasteiger partial charge in [0.05, 0.1) is 11.8 Å². The number of nitrogens with zero attached hydrogens (tertiary/aromatic N) is 1. The lowest BCUT2D eigenvalue weighted by Crippen LogP contribution is -2.39. The van der Waals surface area contributed by atoms with Crippen molar-refractivity contribution in [2.75, 3.05) is 11.9 Å². The summed E-state index contributed by atoms with van der Waals surface area (Å²) >= 11 is 0. The Morgan fingerprint density at radius 2 is 1.84 bits per heavy atom. The number of aryl methyl sites for hydroxylation is 2. The number of anilines is 1. The molecule has 1 unspecified atom stereocenters. The number of likely N-dealkylation sites (N-methyl/N-ethyl adjacent to an activating group) is 1. The van der Waals surface area contributed by atoms with Crippen LogP contribution in [-0.2, 0) is 10.2 Å². The Bertz CT molecular complexity index is 550. The fourth-order valence-electron chi connectivity index (χ4n) is 3.08. The lowest BCUT2D eigenvalue weighted by Gasteiger charge is -2.25. The largest absolute Gasteiger partial charge is 0.390 e. The quantitative estimate of drug-likeness (QED) is 0.765. The second kappa shape index (κ2) is 3.99. The van der Waals surface area contributed by atoms with E-state index in [2.05, 4.69) is 0 Å². The molecule has 0 radical (unpaired) electrons. The zero-order valence-corrected chi connectivity index (χ0v) is 11.4. The molecule has 1 amide bonds. The molecule has 2 nitrogen and oxygen atoms in total. The van der Waals surface area contributed by atoms with Crippen LogP contribution in [0.1, 0.15) is 30.0 Å². The molecule has 2 rings (SSSR count). The molecule has 0 fully saturated rings. The van der Waals surface area contributed by atoms with Gasteiger partial charge >= 0.3 is 6.18 Å². The number of halogens is 3. The molecule has 0 aliphatic carbocycles. The number of fused-ring (bicyclic) bond motifs is 1. The third-order valence-corrected chi connectivity index (χ3v) is 3.70. The highest BCUT2D eigenvalue weighted by Crippen LogP contribution is 2.48. The summed E-state index contributed by atoms with van der Waals surface area (Å²) in [6, 6.07) is 3.59. The molecule has 104 valence electrons. The van der Waals surface area contributed by atoms with E-state index in [0.29, 0.717) is 11.3 Å². The Balaban J connectivity index is 2.65. The molecule has 0 spiro atoms. The van der Waals surface area contributed by atoms with Crippen molar-refractivity contribution in [1.82, 2.24) is 0 Å². The van der Waals surface area contributed by atoms with E-state index in [9.17, 15) is 18.0 Å². The van der Waals surface area contributed by atoms with Crippen LogP contribution in [0.5, 0.6) is 0 Å². The van der Waals surface area contributed by atoms with Crippen LogP contribution in [0.2, 0.25) is 0 Å². The van der Waals surface area contributed by atoms with E-state index in [0.717, 1.165) is 11.1 Å². The average molecular weight is 271 g/mol. The highest BCUT2D eigenvalue weighted by Gasteiger charge is 2.52. The summed E-state index contributed by atoms with van der Waals surface area (Å²) in [5.41, 5.74) is 1.25. The molecule has 0 aromatic heterocycles. The third-order valence-electron chi connectivity index (χ3n) is 3.70. The average Bonchev–Trinajstić information content (AvgIpc) is 2.38. The Morgan fingerprint density at radius 3 is 2.37 bits per heavy atom. The van der Waals surface area contributed by atoms with E-state index in [1.165, 1.54) is 18.9 Å². The standard InChI is InChI=1S/C14H16F3NO/c1-8-5-9(2)11-10(6-8)18(4)12(19)13(11,3)7-14(15,16)17/h5-6H,7H2,1-4H3. The van der Waals surface area contributed by atoms with Gasteiger partial charge in [-0.1, -0.05) is 6.07 Å². The monoisotopic (exact) mass is 271 g/mol. The Hall–Kier alpha value is -1.52. The van der Waals surface area contributed by atoms with E-state index in [1.54, 1.807) is 13.0 Å². The lowest BCUT2D eigenvalue weighted by molar-refractivity contribution is -0.154.